The largest absolute Gasteiger partial charge is 0.332 e. The molecule has 0 bridgehead atoms. The summed E-state index contributed by atoms with van der Waals surface area (Å²) >= 11 is 0. The number of aliphatic imine (C=N–C) groups is 1. The van der Waals surface area contributed by atoms with Crippen LogP contribution in [0.5, 0.6) is 0 Å². The van der Waals surface area contributed by atoms with Gasteiger partial charge < -0.3 is 9.80 Å². The highest BCUT2D eigenvalue weighted by atomic mass is 15.3. The van der Waals surface area contributed by atoms with Gasteiger partial charge in [-0.15, -0.1) is 0 Å². The van der Waals surface area contributed by atoms with E-state index in [-0.39, 0.29) is 10.8 Å². The lowest BCUT2D eigenvalue weighted by atomic mass is 9.79. The summed E-state index contributed by atoms with van der Waals surface area (Å²) in [5, 5.41) is 0. The van der Waals surface area contributed by atoms with E-state index in [9.17, 15) is 0 Å². The quantitative estimate of drug-likeness (QED) is 0.732. The third-order valence-corrected chi connectivity index (χ3v) is 4.66. The van der Waals surface area contributed by atoms with Crippen molar-refractivity contribution in [1.29, 1.82) is 0 Å². The van der Waals surface area contributed by atoms with E-state index in [0.29, 0.717) is 12.1 Å². The summed E-state index contributed by atoms with van der Waals surface area (Å²) in [5.41, 5.74) is 3.35. The number of rotatable bonds is 1. The summed E-state index contributed by atoms with van der Waals surface area (Å²) in [6.45, 7) is 17.1. The van der Waals surface area contributed by atoms with Crippen LogP contribution in [0.1, 0.15) is 54.9 Å². The number of amidine groups is 1. The fourth-order valence-corrected chi connectivity index (χ4v) is 3.75. The molecule has 3 nitrogen and oxygen atoms in total. The Morgan fingerprint density at radius 2 is 1.62 bits per heavy atom. The maximum absolute atomic E-state index is 5.10. The zero-order chi connectivity index (χ0) is 16.2. The molecule has 120 valence electrons. The second-order valence-corrected chi connectivity index (χ2v) is 8.92. The smallest absolute Gasteiger partial charge is 0.109 e. The van der Waals surface area contributed by atoms with Gasteiger partial charge in [-0.25, -0.2) is 0 Å². The van der Waals surface area contributed by atoms with Gasteiger partial charge in [-0.3, -0.25) is 4.99 Å². The molecule has 0 amide bonds. The molecule has 0 unspecified atom stereocenters. The molecule has 21 heavy (non-hydrogen) atoms. The number of hydrogen-bond donors (Lipinski definition) is 0. The second-order valence-electron chi connectivity index (χ2n) is 8.92. The fourth-order valence-electron chi connectivity index (χ4n) is 3.75. The normalized spacial score (nSPS) is 27.3. The van der Waals surface area contributed by atoms with Crippen LogP contribution in [-0.2, 0) is 0 Å². The second kappa shape index (κ2) is 5.12. The summed E-state index contributed by atoms with van der Waals surface area (Å²) in [6.07, 6.45) is 1.15. The van der Waals surface area contributed by atoms with Crippen LogP contribution in [0.15, 0.2) is 16.3 Å². The SMILES string of the molecule is C[C@@H]1N=C(C(C)(C)C)N2C[C@H](N(C)C)CC2=C1C(C)(C)C. The molecule has 0 aromatic rings. The minimum Gasteiger partial charge on any atom is -0.332 e. The molecule has 0 spiro atoms. The Morgan fingerprint density at radius 1 is 1.05 bits per heavy atom. The van der Waals surface area contributed by atoms with E-state index in [1.165, 1.54) is 17.1 Å². The predicted molar refractivity (Wildman–Crippen MR) is 91.6 cm³/mol. The summed E-state index contributed by atoms with van der Waals surface area (Å²) in [6, 6.07) is 0.890. The van der Waals surface area contributed by atoms with Crippen molar-refractivity contribution in [2.75, 3.05) is 20.6 Å². The van der Waals surface area contributed by atoms with Crippen LogP contribution in [0.25, 0.3) is 0 Å². The van der Waals surface area contributed by atoms with Gasteiger partial charge in [-0.05, 0) is 32.0 Å². The predicted octanol–water partition coefficient (Wildman–Crippen LogP) is 3.77. The molecule has 0 N–H and O–H groups in total. The highest BCUT2D eigenvalue weighted by Gasteiger charge is 2.42. The van der Waals surface area contributed by atoms with Crippen LogP contribution < -0.4 is 0 Å². The number of likely N-dealkylation sites (N-methyl/N-ethyl adjacent to an activating group) is 1. The minimum absolute atomic E-state index is 0.101. The van der Waals surface area contributed by atoms with Gasteiger partial charge in [0.2, 0.25) is 0 Å². The van der Waals surface area contributed by atoms with Crippen molar-refractivity contribution in [3.63, 3.8) is 0 Å². The fraction of sp³-hybridized carbons (Fsp3) is 0.833. The van der Waals surface area contributed by atoms with Crippen molar-refractivity contribution in [3.8, 4) is 0 Å². The van der Waals surface area contributed by atoms with Gasteiger partial charge in [-0.2, -0.15) is 0 Å². The van der Waals surface area contributed by atoms with Crippen LogP contribution in [0.3, 0.4) is 0 Å². The molecule has 3 heteroatoms. The third kappa shape index (κ3) is 3.03. The Bertz CT molecular complexity index is 472. The van der Waals surface area contributed by atoms with E-state index >= 15 is 0 Å². The highest BCUT2D eigenvalue weighted by Crippen LogP contribution is 2.43. The standard InChI is InChI=1S/C18H33N3/c1-12-15(17(2,3)4)14-10-13(20(8)9)11-21(14)16(19-12)18(5,6)7/h12-13H,10-11H2,1-9H3/t12-,13+/m0/s1. The first-order valence-corrected chi connectivity index (χ1v) is 8.18. The molecule has 0 saturated carbocycles. The third-order valence-electron chi connectivity index (χ3n) is 4.66. The van der Waals surface area contributed by atoms with Gasteiger partial charge in [0.05, 0.1) is 6.04 Å². The van der Waals surface area contributed by atoms with Crippen LogP contribution in [-0.4, -0.2) is 48.4 Å². The van der Waals surface area contributed by atoms with E-state index < -0.39 is 0 Å². The zero-order valence-corrected chi connectivity index (χ0v) is 15.4. The highest BCUT2D eigenvalue weighted by molar-refractivity contribution is 5.90. The van der Waals surface area contributed by atoms with E-state index in [2.05, 4.69) is 72.4 Å². The lowest BCUT2D eigenvalue weighted by molar-refractivity contribution is 0.296. The van der Waals surface area contributed by atoms with E-state index in [1.807, 2.05) is 0 Å². The molecule has 0 aromatic carbocycles. The molecule has 2 aliphatic rings. The first kappa shape index (κ1) is 16.5. The van der Waals surface area contributed by atoms with Gasteiger partial charge in [0.15, 0.2) is 0 Å². The Hall–Kier alpha value is -0.830. The number of fused-ring (bicyclic) bond motifs is 1. The van der Waals surface area contributed by atoms with Crippen LogP contribution >= 0.6 is 0 Å². The molecule has 2 atom stereocenters. The van der Waals surface area contributed by atoms with E-state index in [4.69, 9.17) is 4.99 Å². The lowest BCUT2D eigenvalue weighted by Crippen LogP contribution is -2.44. The average Bonchev–Trinajstić information content (AvgIpc) is 2.68. The Morgan fingerprint density at radius 3 is 2.05 bits per heavy atom. The molecule has 1 fully saturated rings. The summed E-state index contributed by atoms with van der Waals surface area (Å²) in [5.74, 6) is 1.27. The molecule has 2 rings (SSSR count). The zero-order valence-electron chi connectivity index (χ0n) is 15.4. The van der Waals surface area contributed by atoms with Gasteiger partial charge in [0.25, 0.3) is 0 Å². The van der Waals surface area contributed by atoms with Gasteiger partial charge in [0, 0.05) is 30.1 Å². The first-order valence-electron chi connectivity index (χ1n) is 8.18. The molecular formula is C18H33N3. The molecule has 1 saturated heterocycles. The van der Waals surface area contributed by atoms with Gasteiger partial charge in [-0.1, -0.05) is 41.5 Å². The maximum Gasteiger partial charge on any atom is 0.109 e. The summed E-state index contributed by atoms with van der Waals surface area (Å²) in [4.78, 5) is 9.98. The van der Waals surface area contributed by atoms with Gasteiger partial charge in [0.1, 0.15) is 5.84 Å². The number of hydrogen-bond acceptors (Lipinski definition) is 3. The Labute approximate surface area is 131 Å². The lowest BCUT2D eigenvalue weighted by Gasteiger charge is -2.41. The molecule has 2 heterocycles. The molecule has 0 radical (unpaired) electrons. The first-order chi connectivity index (χ1) is 9.43. The van der Waals surface area contributed by atoms with Crippen LogP contribution in [0.2, 0.25) is 0 Å². The molecule has 0 aliphatic carbocycles. The topological polar surface area (TPSA) is 18.8 Å². The Kier molecular flexibility index (Phi) is 4.03. The molecule has 0 aromatic heterocycles. The Balaban J connectivity index is 2.52. The van der Waals surface area contributed by atoms with Crippen molar-refractivity contribution in [1.82, 2.24) is 9.80 Å². The van der Waals surface area contributed by atoms with Crippen molar-refractivity contribution < 1.29 is 0 Å². The van der Waals surface area contributed by atoms with E-state index in [1.54, 1.807) is 0 Å². The van der Waals surface area contributed by atoms with Crippen molar-refractivity contribution in [2.24, 2.45) is 15.8 Å². The maximum atomic E-state index is 5.10. The number of nitrogens with zero attached hydrogens (tertiary/aromatic N) is 3. The van der Waals surface area contributed by atoms with Crippen molar-refractivity contribution >= 4 is 5.84 Å². The van der Waals surface area contributed by atoms with Crippen molar-refractivity contribution in [3.05, 3.63) is 11.3 Å². The average molecular weight is 291 g/mol. The summed E-state index contributed by atoms with van der Waals surface area (Å²) in [7, 11) is 4.38. The minimum atomic E-state index is 0.101. The monoisotopic (exact) mass is 291 g/mol. The molecule has 2 aliphatic heterocycles. The van der Waals surface area contributed by atoms with Crippen molar-refractivity contribution in [2.45, 2.75) is 67.0 Å². The van der Waals surface area contributed by atoms with Crippen LogP contribution in [0, 0.1) is 10.8 Å². The van der Waals surface area contributed by atoms with Crippen LogP contribution in [0.4, 0.5) is 0 Å². The summed E-state index contributed by atoms with van der Waals surface area (Å²) < 4.78 is 0. The van der Waals surface area contributed by atoms with Gasteiger partial charge >= 0.3 is 0 Å². The molecular weight excluding hydrogens is 258 g/mol. The van der Waals surface area contributed by atoms with E-state index in [0.717, 1.165) is 13.0 Å².